The highest BCUT2D eigenvalue weighted by atomic mass is 19.1. The Kier molecular flexibility index (Phi) is 2.29. The van der Waals surface area contributed by atoms with Crippen LogP contribution in [0.15, 0.2) is 18.2 Å². The lowest BCUT2D eigenvalue weighted by atomic mass is 10.1. The van der Waals surface area contributed by atoms with Crippen molar-refractivity contribution in [3.63, 3.8) is 0 Å². The highest BCUT2D eigenvalue weighted by Gasteiger charge is 2.17. The SMILES string of the molecule is Cc1cc(C2CNCO2)ccc1F. The van der Waals surface area contributed by atoms with E-state index in [2.05, 4.69) is 5.32 Å². The zero-order valence-electron chi connectivity index (χ0n) is 7.51. The van der Waals surface area contributed by atoms with E-state index >= 15 is 0 Å². The zero-order valence-corrected chi connectivity index (χ0v) is 7.51. The fourth-order valence-corrected chi connectivity index (χ4v) is 1.49. The van der Waals surface area contributed by atoms with Gasteiger partial charge in [0.2, 0.25) is 0 Å². The lowest BCUT2D eigenvalue weighted by Crippen LogP contribution is -2.08. The molecule has 0 radical (unpaired) electrons. The first kappa shape index (κ1) is 8.66. The molecule has 0 amide bonds. The van der Waals surface area contributed by atoms with Crippen LogP contribution >= 0.6 is 0 Å². The average molecular weight is 181 g/mol. The van der Waals surface area contributed by atoms with Gasteiger partial charge in [0.15, 0.2) is 0 Å². The predicted octanol–water partition coefficient (Wildman–Crippen LogP) is 1.75. The number of halogens is 1. The van der Waals surface area contributed by atoms with Crippen LogP contribution in [-0.4, -0.2) is 13.3 Å². The van der Waals surface area contributed by atoms with Gasteiger partial charge >= 0.3 is 0 Å². The van der Waals surface area contributed by atoms with Crippen molar-refractivity contribution in [2.24, 2.45) is 0 Å². The van der Waals surface area contributed by atoms with Crippen LogP contribution in [0.2, 0.25) is 0 Å². The maximum Gasteiger partial charge on any atom is 0.126 e. The Bertz CT molecular complexity index is 308. The normalized spacial score (nSPS) is 22.2. The molecule has 1 aliphatic heterocycles. The van der Waals surface area contributed by atoms with Gasteiger partial charge in [0.25, 0.3) is 0 Å². The van der Waals surface area contributed by atoms with E-state index in [0.717, 1.165) is 12.1 Å². The average Bonchev–Trinajstić information content (AvgIpc) is 2.62. The quantitative estimate of drug-likeness (QED) is 0.712. The molecule has 13 heavy (non-hydrogen) atoms. The number of nitrogens with one attached hydrogen (secondary N) is 1. The van der Waals surface area contributed by atoms with E-state index in [-0.39, 0.29) is 11.9 Å². The molecule has 1 heterocycles. The van der Waals surface area contributed by atoms with Gasteiger partial charge in [0, 0.05) is 6.54 Å². The molecule has 0 spiro atoms. The van der Waals surface area contributed by atoms with E-state index in [9.17, 15) is 4.39 Å². The van der Waals surface area contributed by atoms with Gasteiger partial charge in [0.05, 0.1) is 12.8 Å². The van der Waals surface area contributed by atoms with Crippen LogP contribution in [-0.2, 0) is 4.74 Å². The summed E-state index contributed by atoms with van der Waals surface area (Å²) in [5.41, 5.74) is 1.72. The highest BCUT2D eigenvalue weighted by Crippen LogP contribution is 2.21. The van der Waals surface area contributed by atoms with Crippen molar-refractivity contribution in [2.75, 3.05) is 13.3 Å². The number of hydrogen-bond donors (Lipinski definition) is 1. The number of ether oxygens (including phenoxy) is 1. The van der Waals surface area contributed by atoms with Crippen LogP contribution < -0.4 is 5.32 Å². The number of benzene rings is 1. The minimum Gasteiger partial charge on any atom is -0.357 e. The van der Waals surface area contributed by atoms with Gasteiger partial charge in [-0.25, -0.2) is 4.39 Å². The first-order valence-electron chi connectivity index (χ1n) is 4.36. The maximum atomic E-state index is 12.9. The van der Waals surface area contributed by atoms with Crippen molar-refractivity contribution in [3.05, 3.63) is 35.1 Å². The van der Waals surface area contributed by atoms with Gasteiger partial charge in [-0.1, -0.05) is 12.1 Å². The fourth-order valence-electron chi connectivity index (χ4n) is 1.49. The van der Waals surface area contributed by atoms with Crippen molar-refractivity contribution in [2.45, 2.75) is 13.0 Å². The Balaban J connectivity index is 2.25. The summed E-state index contributed by atoms with van der Waals surface area (Å²) in [5, 5.41) is 3.09. The van der Waals surface area contributed by atoms with Gasteiger partial charge in [-0.05, 0) is 24.1 Å². The summed E-state index contributed by atoms with van der Waals surface area (Å²) in [6, 6.07) is 5.11. The molecule has 2 nitrogen and oxygen atoms in total. The number of rotatable bonds is 1. The molecule has 70 valence electrons. The summed E-state index contributed by atoms with van der Waals surface area (Å²) in [6.45, 7) is 3.16. The molecule has 1 aliphatic rings. The third kappa shape index (κ3) is 1.71. The van der Waals surface area contributed by atoms with Gasteiger partial charge < -0.3 is 4.74 Å². The monoisotopic (exact) mass is 181 g/mol. The highest BCUT2D eigenvalue weighted by molar-refractivity contribution is 5.26. The zero-order chi connectivity index (χ0) is 9.26. The smallest absolute Gasteiger partial charge is 0.126 e. The second kappa shape index (κ2) is 3.44. The molecule has 1 N–H and O–H groups in total. The molecule has 0 aliphatic carbocycles. The van der Waals surface area contributed by atoms with E-state index < -0.39 is 0 Å². The number of aryl methyl sites for hydroxylation is 1. The van der Waals surface area contributed by atoms with Crippen molar-refractivity contribution in [3.8, 4) is 0 Å². The molecule has 1 fully saturated rings. The molecule has 0 bridgehead atoms. The van der Waals surface area contributed by atoms with E-state index in [0.29, 0.717) is 12.3 Å². The largest absolute Gasteiger partial charge is 0.357 e. The van der Waals surface area contributed by atoms with Gasteiger partial charge in [0.1, 0.15) is 5.82 Å². The molecule has 1 unspecified atom stereocenters. The molecule has 1 atom stereocenters. The Morgan fingerprint density at radius 2 is 2.38 bits per heavy atom. The Labute approximate surface area is 76.7 Å². The molecule has 1 saturated heterocycles. The summed E-state index contributed by atoms with van der Waals surface area (Å²) >= 11 is 0. The Hall–Kier alpha value is -0.930. The van der Waals surface area contributed by atoms with Gasteiger partial charge in [-0.3, -0.25) is 5.32 Å². The summed E-state index contributed by atoms with van der Waals surface area (Å²) in [6.07, 6.45) is 0.0827. The summed E-state index contributed by atoms with van der Waals surface area (Å²) < 4.78 is 18.3. The van der Waals surface area contributed by atoms with Crippen molar-refractivity contribution in [1.82, 2.24) is 5.32 Å². The van der Waals surface area contributed by atoms with Crippen LogP contribution in [0, 0.1) is 12.7 Å². The van der Waals surface area contributed by atoms with Crippen LogP contribution in [0.1, 0.15) is 17.2 Å². The topological polar surface area (TPSA) is 21.3 Å². The van der Waals surface area contributed by atoms with E-state index in [4.69, 9.17) is 4.74 Å². The fraction of sp³-hybridized carbons (Fsp3) is 0.400. The summed E-state index contributed by atoms with van der Waals surface area (Å²) in [7, 11) is 0. The van der Waals surface area contributed by atoms with Gasteiger partial charge in [-0.2, -0.15) is 0 Å². The molecule has 0 saturated carbocycles. The van der Waals surface area contributed by atoms with Crippen LogP contribution in [0.3, 0.4) is 0 Å². The third-order valence-corrected chi connectivity index (χ3v) is 2.27. The lowest BCUT2D eigenvalue weighted by Gasteiger charge is -2.09. The number of hydrogen-bond acceptors (Lipinski definition) is 2. The molecule has 3 heteroatoms. The van der Waals surface area contributed by atoms with Crippen molar-refractivity contribution < 1.29 is 9.13 Å². The molecule has 1 aromatic rings. The molecular formula is C10H12FNO. The minimum absolute atomic E-state index is 0.0827. The molecular weight excluding hydrogens is 169 g/mol. The maximum absolute atomic E-state index is 12.9. The standard InChI is InChI=1S/C10H12FNO/c1-7-4-8(2-3-9(7)11)10-5-12-6-13-10/h2-4,10,12H,5-6H2,1H3. The summed E-state index contributed by atoms with van der Waals surface area (Å²) in [4.78, 5) is 0. The first-order valence-corrected chi connectivity index (χ1v) is 4.36. The third-order valence-electron chi connectivity index (χ3n) is 2.27. The second-order valence-electron chi connectivity index (χ2n) is 3.26. The van der Waals surface area contributed by atoms with Crippen molar-refractivity contribution >= 4 is 0 Å². The van der Waals surface area contributed by atoms with Crippen molar-refractivity contribution in [1.29, 1.82) is 0 Å². The van der Waals surface area contributed by atoms with Gasteiger partial charge in [-0.15, -0.1) is 0 Å². The molecule has 2 rings (SSSR count). The lowest BCUT2D eigenvalue weighted by molar-refractivity contribution is 0.114. The minimum atomic E-state index is -0.158. The van der Waals surface area contributed by atoms with E-state index in [1.54, 1.807) is 13.0 Å². The van der Waals surface area contributed by atoms with Crippen LogP contribution in [0.4, 0.5) is 4.39 Å². The van der Waals surface area contributed by atoms with Crippen LogP contribution in [0.5, 0.6) is 0 Å². The summed E-state index contributed by atoms with van der Waals surface area (Å²) in [5.74, 6) is -0.158. The van der Waals surface area contributed by atoms with Crippen LogP contribution in [0.25, 0.3) is 0 Å². The first-order chi connectivity index (χ1) is 6.27. The molecule has 1 aromatic carbocycles. The van der Waals surface area contributed by atoms with E-state index in [1.165, 1.54) is 6.07 Å². The second-order valence-corrected chi connectivity index (χ2v) is 3.26. The Morgan fingerprint density at radius 1 is 1.54 bits per heavy atom. The van der Waals surface area contributed by atoms with E-state index in [1.807, 2.05) is 6.07 Å². The molecule has 0 aromatic heterocycles. The Morgan fingerprint density at radius 3 is 3.00 bits per heavy atom. The predicted molar refractivity (Wildman–Crippen MR) is 47.8 cm³/mol.